The molecule has 2 atom stereocenters. The summed E-state index contributed by atoms with van der Waals surface area (Å²) in [5.74, 6) is -4.55. The van der Waals surface area contributed by atoms with Crippen LogP contribution < -0.4 is 10.6 Å². The van der Waals surface area contributed by atoms with E-state index in [1.165, 1.54) is 33.8 Å². The molecule has 1 aliphatic carbocycles. The number of anilines is 1. The predicted molar refractivity (Wildman–Crippen MR) is 144 cm³/mol. The second kappa shape index (κ2) is 12.2. The molecule has 2 fully saturated rings. The smallest absolute Gasteiger partial charge is 0.267 e. The van der Waals surface area contributed by atoms with Crippen molar-refractivity contribution in [1.29, 1.82) is 0 Å². The average molecular weight is 574 g/mol. The number of pyridine rings is 1. The van der Waals surface area contributed by atoms with E-state index < -0.39 is 60.4 Å². The molecule has 13 heteroatoms. The van der Waals surface area contributed by atoms with Gasteiger partial charge in [-0.2, -0.15) is 0 Å². The van der Waals surface area contributed by atoms with Crippen LogP contribution >= 0.6 is 12.2 Å². The molecule has 2 amide bonds. The van der Waals surface area contributed by atoms with Gasteiger partial charge >= 0.3 is 0 Å². The van der Waals surface area contributed by atoms with E-state index in [1.807, 2.05) is 0 Å². The van der Waals surface area contributed by atoms with Gasteiger partial charge in [-0.1, -0.05) is 25.1 Å². The van der Waals surface area contributed by atoms with Crippen LogP contribution in [0.3, 0.4) is 0 Å². The molecule has 3 N–H and O–H groups in total. The van der Waals surface area contributed by atoms with Gasteiger partial charge in [0.2, 0.25) is 0 Å². The summed E-state index contributed by atoms with van der Waals surface area (Å²) >= 11 is 5.46. The molecule has 1 saturated carbocycles. The number of hydrogen-bond donors (Lipinski definition) is 3. The lowest BCUT2D eigenvalue weighted by Gasteiger charge is -2.26. The fourth-order valence-electron chi connectivity index (χ4n) is 4.73. The van der Waals surface area contributed by atoms with Gasteiger partial charge in [-0.05, 0) is 46.6 Å². The first-order chi connectivity index (χ1) is 18.1. The molecular formula is C26H35F4N5O3S. The number of nitrogens with zero attached hydrogens (tertiary/aromatic N) is 3. The summed E-state index contributed by atoms with van der Waals surface area (Å²) in [6.07, 6.45) is 1.42. The van der Waals surface area contributed by atoms with Crippen LogP contribution in [-0.4, -0.2) is 80.1 Å². The number of alkyl halides is 4. The highest BCUT2D eigenvalue weighted by molar-refractivity contribution is 7.81. The zero-order chi connectivity index (χ0) is 29.1. The van der Waals surface area contributed by atoms with Crippen LogP contribution in [0.4, 0.5) is 23.4 Å². The van der Waals surface area contributed by atoms with E-state index in [9.17, 15) is 32.3 Å². The topological polar surface area (TPSA) is 107 Å². The van der Waals surface area contributed by atoms with Gasteiger partial charge in [0.25, 0.3) is 24.2 Å². The Balaban J connectivity index is 1.97. The first-order valence-corrected chi connectivity index (χ1v) is 13.3. The number of carbonyl (C=O) groups is 2. The fourth-order valence-corrected chi connectivity index (χ4v) is 5.05. The predicted octanol–water partition coefficient (Wildman–Crippen LogP) is 4.06. The second-order valence-electron chi connectivity index (χ2n) is 10.9. The van der Waals surface area contributed by atoms with E-state index in [-0.39, 0.29) is 34.5 Å². The molecule has 2 heterocycles. The maximum atomic E-state index is 14.2. The van der Waals surface area contributed by atoms with Crippen LogP contribution in [0.2, 0.25) is 0 Å². The summed E-state index contributed by atoms with van der Waals surface area (Å²) in [4.78, 5) is 35.0. The Morgan fingerprint density at radius 2 is 1.95 bits per heavy atom. The van der Waals surface area contributed by atoms with Crippen molar-refractivity contribution in [2.45, 2.75) is 95.9 Å². The fraction of sp³-hybridized carbons (Fsp3) is 0.654. The van der Waals surface area contributed by atoms with E-state index in [4.69, 9.17) is 12.2 Å². The molecular weight excluding hydrogens is 538 g/mol. The number of amides is 2. The third-order valence-corrected chi connectivity index (χ3v) is 7.21. The molecule has 1 saturated heterocycles. The minimum absolute atomic E-state index is 0.114. The Morgan fingerprint density at radius 1 is 1.31 bits per heavy atom. The zero-order valence-corrected chi connectivity index (χ0v) is 23.3. The summed E-state index contributed by atoms with van der Waals surface area (Å²) in [5, 5.41) is 15.5. The molecule has 0 bridgehead atoms. The number of aliphatic imine (C=N–C) groups is 1. The Kier molecular flexibility index (Phi) is 9.69. The summed E-state index contributed by atoms with van der Waals surface area (Å²) < 4.78 is 56.6. The third kappa shape index (κ3) is 8.17. The quantitative estimate of drug-likeness (QED) is 0.169. The van der Waals surface area contributed by atoms with Crippen molar-refractivity contribution in [3.8, 4) is 0 Å². The molecule has 2 aliphatic rings. The molecule has 0 radical (unpaired) electrons. The molecule has 1 aromatic rings. The molecule has 216 valence electrons. The van der Waals surface area contributed by atoms with Crippen molar-refractivity contribution in [2.24, 2.45) is 4.99 Å². The first kappa shape index (κ1) is 30.9. The number of thiocarbonyl (C=S) groups is 1. The number of nitrogens with one attached hydrogen (secondary N) is 2. The van der Waals surface area contributed by atoms with E-state index >= 15 is 0 Å². The molecule has 1 unspecified atom stereocenters. The molecule has 1 aliphatic heterocycles. The van der Waals surface area contributed by atoms with Gasteiger partial charge in [0.15, 0.2) is 6.04 Å². The normalized spacial score (nSPS) is 20.8. The van der Waals surface area contributed by atoms with Crippen LogP contribution in [0.5, 0.6) is 0 Å². The number of likely N-dealkylation sites (tertiary alicyclic amines) is 1. The number of aliphatic hydroxyl groups is 1. The van der Waals surface area contributed by atoms with Crippen molar-refractivity contribution in [3.05, 3.63) is 23.4 Å². The van der Waals surface area contributed by atoms with Crippen molar-refractivity contribution in [2.75, 3.05) is 18.4 Å². The number of halogens is 4. The SMILES string of the molecule is C/C(=N\C(C(=O)N1CC(F)(F)C[C@@H]1C)C(=S)c1cnc(NC2CCCC2)cc1C(F)F)C(=O)NCC(C)(C)O. The van der Waals surface area contributed by atoms with Gasteiger partial charge in [-0.15, -0.1) is 0 Å². The highest BCUT2D eigenvalue weighted by atomic mass is 32.1. The Bertz CT molecular complexity index is 1120. The van der Waals surface area contributed by atoms with Crippen LogP contribution in [-0.2, 0) is 9.59 Å². The highest BCUT2D eigenvalue weighted by Gasteiger charge is 2.47. The minimum Gasteiger partial charge on any atom is -0.389 e. The van der Waals surface area contributed by atoms with Crippen LogP contribution in [0, 0.1) is 0 Å². The van der Waals surface area contributed by atoms with Gasteiger partial charge in [-0.25, -0.2) is 22.5 Å². The summed E-state index contributed by atoms with van der Waals surface area (Å²) in [7, 11) is 0. The van der Waals surface area contributed by atoms with Crippen molar-refractivity contribution in [3.63, 3.8) is 0 Å². The highest BCUT2D eigenvalue weighted by Crippen LogP contribution is 2.34. The minimum atomic E-state index is -3.13. The third-order valence-electron chi connectivity index (χ3n) is 6.77. The standard InChI is InChI=1S/C26H35F4N5O3S/c1-14-10-26(29,30)13-35(14)24(37)20(33-15(2)23(36)32-12-25(3,4)38)21(39)18-11-31-19(9-17(18)22(27)28)34-16-7-5-6-8-16/h9,11,14,16,20,22,38H,5-8,10,12-13H2,1-4H3,(H,31,34)(H,32,36)/b33-15+/t14-,20?/m0/s1. The van der Waals surface area contributed by atoms with Crippen LogP contribution in [0.25, 0.3) is 0 Å². The number of hydrogen-bond acceptors (Lipinski definition) is 7. The zero-order valence-electron chi connectivity index (χ0n) is 22.4. The summed E-state index contributed by atoms with van der Waals surface area (Å²) in [5.41, 5.74) is -2.16. The lowest BCUT2D eigenvalue weighted by atomic mass is 10.0. The number of rotatable bonds is 10. The van der Waals surface area contributed by atoms with Gasteiger partial charge < -0.3 is 20.6 Å². The lowest BCUT2D eigenvalue weighted by Crippen LogP contribution is -2.46. The van der Waals surface area contributed by atoms with Gasteiger partial charge in [0, 0.05) is 42.4 Å². The molecule has 8 nitrogen and oxygen atoms in total. The molecule has 3 rings (SSSR count). The van der Waals surface area contributed by atoms with Crippen molar-refractivity contribution in [1.82, 2.24) is 15.2 Å². The van der Waals surface area contributed by atoms with Gasteiger partial charge in [-0.3, -0.25) is 14.6 Å². The molecule has 0 aromatic carbocycles. The van der Waals surface area contributed by atoms with E-state index in [1.54, 1.807) is 0 Å². The molecule has 1 aromatic heterocycles. The van der Waals surface area contributed by atoms with Gasteiger partial charge in [0.05, 0.1) is 22.7 Å². The Labute approximate surface area is 230 Å². The van der Waals surface area contributed by atoms with E-state index in [2.05, 4.69) is 20.6 Å². The summed E-state index contributed by atoms with van der Waals surface area (Å²) in [6.45, 7) is 4.66. The maximum Gasteiger partial charge on any atom is 0.267 e. The summed E-state index contributed by atoms with van der Waals surface area (Å²) in [6, 6.07) is -1.27. The Hall–Kier alpha value is -2.67. The molecule has 0 spiro atoms. The number of aromatic nitrogens is 1. The average Bonchev–Trinajstić information content (AvgIpc) is 3.45. The van der Waals surface area contributed by atoms with Crippen LogP contribution in [0.1, 0.15) is 77.4 Å². The number of carbonyl (C=O) groups excluding carboxylic acids is 2. The molecule has 39 heavy (non-hydrogen) atoms. The van der Waals surface area contributed by atoms with E-state index in [0.717, 1.165) is 36.8 Å². The monoisotopic (exact) mass is 573 g/mol. The lowest BCUT2D eigenvalue weighted by molar-refractivity contribution is -0.132. The van der Waals surface area contributed by atoms with Crippen molar-refractivity contribution >= 4 is 40.4 Å². The largest absolute Gasteiger partial charge is 0.389 e. The van der Waals surface area contributed by atoms with Gasteiger partial charge in [0.1, 0.15) is 5.82 Å². The maximum absolute atomic E-state index is 14.2. The second-order valence-corrected chi connectivity index (χ2v) is 11.4. The van der Waals surface area contributed by atoms with Crippen LogP contribution in [0.15, 0.2) is 17.3 Å². The van der Waals surface area contributed by atoms with E-state index in [0.29, 0.717) is 0 Å². The van der Waals surface area contributed by atoms with Crippen molar-refractivity contribution < 1.29 is 32.3 Å². The first-order valence-electron chi connectivity index (χ1n) is 12.9. The Morgan fingerprint density at radius 3 is 2.49 bits per heavy atom.